The quantitative estimate of drug-likeness (QED) is 0.909. The molecule has 26 heavy (non-hydrogen) atoms. The molecular weight excluding hydrogens is 332 g/mol. The molecule has 2 amide bonds. The van der Waals surface area contributed by atoms with Crippen LogP contribution in [-0.4, -0.2) is 40.0 Å². The van der Waals surface area contributed by atoms with Crippen LogP contribution in [0.3, 0.4) is 0 Å². The normalized spacial score (nSPS) is 15.8. The van der Waals surface area contributed by atoms with Crippen LogP contribution in [0, 0.1) is 0 Å². The van der Waals surface area contributed by atoms with Crippen molar-refractivity contribution in [1.29, 1.82) is 0 Å². The Hall–Kier alpha value is -2.70. The molecule has 0 unspecified atom stereocenters. The van der Waals surface area contributed by atoms with E-state index in [2.05, 4.69) is 10.4 Å². The lowest BCUT2D eigenvalue weighted by molar-refractivity contribution is 0.0833. The molecule has 7 nitrogen and oxygen atoms in total. The van der Waals surface area contributed by atoms with Crippen molar-refractivity contribution in [1.82, 2.24) is 14.7 Å². The third-order valence-corrected chi connectivity index (χ3v) is 4.25. The highest BCUT2D eigenvalue weighted by Gasteiger charge is 2.32. The molecule has 0 bridgehead atoms. The minimum Gasteiger partial charge on any atom is -0.497 e. The number of urea groups is 1. The van der Waals surface area contributed by atoms with E-state index >= 15 is 0 Å². The molecule has 1 aromatic carbocycles. The van der Waals surface area contributed by atoms with Gasteiger partial charge in [0.15, 0.2) is 5.82 Å². The number of carbonyl (C=O) groups excluding carboxylic acids is 1. The highest BCUT2D eigenvalue weighted by Crippen LogP contribution is 2.32. The van der Waals surface area contributed by atoms with Gasteiger partial charge in [0.05, 0.1) is 20.2 Å². The number of benzene rings is 1. The Morgan fingerprint density at radius 3 is 2.77 bits per heavy atom. The van der Waals surface area contributed by atoms with Gasteiger partial charge in [-0.05, 0) is 39.8 Å². The summed E-state index contributed by atoms with van der Waals surface area (Å²) < 4.78 is 13.2. The first-order valence-corrected chi connectivity index (χ1v) is 8.74. The van der Waals surface area contributed by atoms with Gasteiger partial charge in [0.2, 0.25) is 0 Å². The zero-order valence-electron chi connectivity index (χ0n) is 15.9. The number of carbonyl (C=O) groups is 1. The number of aromatic nitrogens is 2. The Bertz CT molecular complexity index is 798. The predicted molar refractivity (Wildman–Crippen MR) is 99.7 cm³/mol. The Labute approximate surface area is 153 Å². The van der Waals surface area contributed by atoms with Crippen molar-refractivity contribution >= 4 is 11.8 Å². The van der Waals surface area contributed by atoms with Gasteiger partial charge >= 0.3 is 6.03 Å². The second-order valence-corrected chi connectivity index (χ2v) is 7.40. The van der Waals surface area contributed by atoms with Crippen LogP contribution in [0.25, 0.3) is 0 Å². The molecule has 0 saturated heterocycles. The SMILES string of the molecule is COc1ccc2c(c1)OC(C)(C)CN(C(=O)Nc1ccn(C(C)C)n1)C2. The number of methoxy groups -OCH3 is 1. The third kappa shape index (κ3) is 3.92. The van der Waals surface area contributed by atoms with Crippen molar-refractivity contribution in [2.45, 2.75) is 45.9 Å². The lowest BCUT2D eigenvalue weighted by atomic mass is 10.1. The first-order valence-electron chi connectivity index (χ1n) is 8.74. The summed E-state index contributed by atoms with van der Waals surface area (Å²) in [5.74, 6) is 2.02. The van der Waals surface area contributed by atoms with E-state index in [1.807, 2.05) is 56.8 Å². The summed E-state index contributed by atoms with van der Waals surface area (Å²) in [6, 6.07) is 7.52. The summed E-state index contributed by atoms with van der Waals surface area (Å²) in [6.45, 7) is 8.93. The van der Waals surface area contributed by atoms with Crippen molar-refractivity contribution in [2.75, 3.05) is 19.0 Å². The summed E-state index contributed by atoms with van der Waals surface area (Å²) in [7, 11) is 1.62. The van der Waals surface area contributed by atoms with Crippen molar-refractivity contribution in [3.05, 3.63) is 36.0 Å². The van der Waals surface area contributed by atoms with Gasteiger partial charge in [0.1, 0.15) is 17.1 Å². The van der Waals surface area contributed by atoms with E-state index in [9.17, 15) is 4.79 Å². The Balaban J connectivity index is 1.80. The summed E-state index contributed by atoms with van der Waals surface area (Å²) in [6.07, 6.45) is 1.86. The average Bonchev–Trinajstić information content (AvgIpc) is 2.98. The minimum absolute atomic E-state index is 0.195. The van der Waals surface area contributed by atoms with E-state index in [0.717, 1.165) is 17.1 Å². The minimum atomic E-state index is -0.522. The maximum Gasteiger partial charge on any atom is 0.323 e. The lowest BCUT2D eigenvalue weighted by Gasteiger charge is -2.29. The topological polar surface area (TPSA) is 68.6 Å². The van der Waals surface area contributed by atoms with Crippen LogP contribution in [-0.2, 0) is 6.54 Å². The number of fused-ring (bicyclic) bond motifs is 1. The summed E-state index contributed by atoms with van der Waals surface area (Å²) in [5, 5.41) is 7.26. The number of rotatable bonds is 3. The number of nitrogens with zero attached hydrogens (tertiary/aromatic N) is 3. The maximum atomic E-state index is 12.8. The fourth-order valence-corrected chi connectivity index (χ4v) is 2.96. The highest BCUT2D eigenvalue weighted by atomic mass is 16.5. The average molecular weight is 358 g/mol. The number of hydrogen-bond acceptors (Lipinski definition) is 4. The van der Waals surface area contributed by atoms with Crippen molar-refractivity contribution in [2.24, 2.45) is 0 Å². The van der Waals surface area contributed by atoms with Gasteiger partial charge in [-0.3, -0.25) is 10.00 Å². The van der Waals surface area contributed by atoms with E-state index < -0.39 is 5.60 Å². The molecule has 0 atom stereocenters. The molecule has 7 heteroatoms. The van der Waals surface area contributed by atoms with Gasteiger partial charge in [-0.15, -0.1) is 0 Å². The number of ether oxygens (including phenoxy) is 2. The van der Waals surface area contributed by atoms with Crippen LogP contribution >= 0.6 is 0 Å². The van der Waals surface area contributed by atoms with Crippen molar-refractivity contribution < 1.29 is 14.3 Å². The van der Waals surface area contributed by atoms with E-state index in [4.69, 9.17) is 9.47 Å². The number of hydrogen-bond donors (Lipinski definition) is 1. The Kier molecular flexibility index (Phi) is 4.80. The van der Waals surface area contributed by atoms with Crippen LogP contribution in [0.2, 0.25) is 0 Å². The van der Waals surface area contributed by atoms with Crippen molar-refractivity contribution in [3.8, 4) is 11.5 Å². The van der Waals surface area contributed by atoms with E-state index in [1.54, 1.807) is 18.1 Å². The first-order chi connectivity index (χ1) is 12.3. The molecule has 1 N–H and O–H groups in total. The molecule has 0 fully saturated rings. The molecule has 140 valence electrons. The fraction of sp³-hybridized carbons (Fsp3) is 0.474. The standard InChI is InChI=1S/C19H26N4O3/c1-13(2)23-9-8-17(21-23)20-18(24)22-11-14-6-7-15(25-5)10-16(14)26-19(3,4)12-22/h6-10,13H,11-12H2,1-5H3,(H,20,21,24). The third-order valence-electron chi connectivity index (χ3n) is 4.25. The van der Waals surface area contributed by atoms with Gasteiger partial charge in [-0.25, -0.2) is 4.79 Å². The molecule has 0 saturated carbocycles. The molecule has 0 spiro atoms. The molecule has 1 aliphatic heterocycles. The van der Waals surface area contributed by atoms with Crippen LogP contribution < -0.4 is 14.8 Å². The predicted octanol–water partition coefficient (Wildman–Crippen LogP) is 3.68. The molecule has 1 aliphatic rings. The van der Waals surface area contributed by atoms with E-state index in [0.29, 0.717) is 18.9 Å². The van der Waals surface area contributed by atoms with Crippen molar-refractivity contribution in [3.63, 3.8) is 0 Å². The van der Waals surface area contributed by atoms with Gasteiger partial charge in [0, 0.05) is 29.9 Å². The zero-order valence-corrected chi connectivity index (χ0v) is 15.9. The van der Waals surface area contributed by atoms with Gasteiger partial charge in [0.25, 0.3) is 0 Å². The molecule has 2 aromatic rings. The van der Waals surface area contributed by atoms with E-state index in [1.165, 1.54) is 0 Å². The van der Waals surface area contributed by atoms with Crippen LogP contribution in [0.1, 0.15) is 39.3 Å². The van der Waals surface area contributed by atoms with Gasteiger partial charge < -0.3 is 14.4 Å². The fourth-order valence-electron chi connectivity index (χ4n) is 2.96. The van der Waals surface area contributed by atoms with Gasteiger partial charge in [-0.2, -0.15) is 5.10 Å². The lowest BCUT2D eigenvalue weighted by Crippen LogP contribution is -2.44. The van der Waals surface area contributed by atoms with Gasteiger partial charge in [-0.1, -0.05) is 0 Å². The molecular formula is C19H26N4O3. The summed E-state index contributed by atoms with van der Waals surface area (Å²) >= 11 is 0. The largest absolute Gasteiger partial charge is 0.497 e. The molecule has 2 heterocycles. The number of amides is 2. The smallest absolute Gasteiger partial charge is 0.323 e. The number of anilines is 1. The molecule has 1 aromatic heterocycles. The van der Waals surface area contributed by atoms with E-state index in [-0.39, 0.29) is 12.1 Å². The first kappa shape index (κ1) is 18.1. The number of nitrogens with one attached hydrogen (secondary N) is 1. The van der Waals surface area contributed by atoms with Crippen LogP contribution in [0.4, 0.5) is 10.6 Å². The highest BCUT2D eigenvalue weighted by molar-refractivity contribution is 5.88. The van der Waals surface area contributed by atoms with Crippen LogP contribution in [0.15, 0.2) is 30.5 Å². The molecule has 3 rings (SSSR count). The Morgan fingerprint density at radius 2 is 2.12 bits per heavy atom. The summed E-state index contributed by atoms with van der Waals surface area (Å²) in [4.78, 5) is 14.5. The zero-order chi connectivity index (χ0) is 18.9. The maximum absolute atomic E-state index is 12.8. The molecule has 0 aliphatic carbocycles. The Morgan fingerprint density at radius 1 is 1.35 bits per heavy atom. The monoisotopic (exact) mass is 358 g/mol. The van der Waals surface area contributed by atoms with Crippen LogP contribution in [0.5, 0.6) is 11.5 Å². The second kappa shape index (κ2) is 6.90. The molecule has 0 radical (unpaired) electrons. The summed E-state index contributed by atoms with van der Waals surface area (Å²) in [5.41, 5.74) is 0.422. The second-order valence-electron chi connectivity index (χ2n) is 7.40.